The van der Waals surface area contributed by atoms with E-state index >= 15 is 0 Å². The summed E-state index contributed by atoms with van der Waals surface area (Å²) in [7, 11) is 0. The maximum Gasteiger partial charge on any atom is 0.418 e. The Morgan fingerprint density at radius 1 is 1.50 bits per heavy atom. The molecular formula is C11H8BrF3N2O. The first-order valence-electron chi connectivity index (χ1n) is 4.82. The lowest BCUT2D eigenvalue weighted by Crippen LogP contribution is -2.22. The fraction of sp³-hybridized carbons (Fsp3) is 0.273. The molecule has 0 aliphatic carbocycles. The van der Waals surface area contributed by atoms with Crippen molar-refractivity contribution in [3.05, 3.63) is 29.3 Å². The van der Waals surface area contributed by atoms with Crippen molar-refractivity contribution < 1.29 is 18.0 Å². The van der Waals surface area contributed by atoms with Crippen molar-refractivity contribution in [3.63, 3.8) is 0 Å². The molecule has 18 heavy (non-hydrogen) atoms. The zero-order valence-electron chi connectivity index (χ0n) is 9.18. The number of nitriles is 1. The van der Waals surface area contributed by atoms with Crippen LogP contribution in [-0.4, -0.2) is 10.7 Å². The molecule has 0 spiro atoms. The highest BCUT2D eigenvalue weighted by molar-refractivity contribution is 9.10. The average Bonchev–Trinajstić information content (AvgIpc) is 2.27. The number of benzene rings is 1. The molecule has 1 aromatic rings. The summed E-state index contributed by atoms with van der Waals surface area (Å²) in [4.78, 5) is 10.7. The molecule has 0 heterocycles. The number of nitrogens with one attached hydrogen (secondary N) is 1. The van der Waals surface area contributed by atoms with Crippen LogP contribution in [0.25, 0.3) is 0 Å². The van der Waals surface area contributed by atoms with Crippen molar-refractivity contribution in [1.82, 2.24) is 0 Å². The monoisotopic (exact) mass is 320 g/mol. The summed E-state index contributed by atoms with van der Waals surface area (Å²) in [5, 5.41) is 10.7. The molecular weight excluding hydrogens is 313 g/mol. The summed E-state index contributed by atoms with van der Waals surface area (Å²) in [6.07, 6.45) is -4.63. The van der Waals surface area contributed by atoms with Crippen LogP contribution in [0.5, 0.6) is 0 Å². The molecule has 1 aromatic carbocycles. The van der Waals surface area contributed by atoms with Crippen molar-refractivity contribution >= 4 is 27.5 Å². The van der Waals surface area contributed by atoms with E-state index in [9.17, 15) is 18.0 Å². The number of carbonyl (C=O) groups excluding carboxylic acids is 1. The van der Waals surface area contributed by atoms with Gasteiger partial charge in [-0.15, -0.1) is 0 Å². The molecule has 0 aromatic heterocycles. The summed E-state index contributed by atoms with van der Waals surface area (Å²) < 4.78 is 38.2. The SMILES string of the molecule is CC(Br)C(=O)Nc1ccc(C#N)cc1C(F)(F)F. The van der Waals surface area contributed by atoms with Crippen LogP contribution in [0.3, 0.4) is 0 Å². The molecule has 1 unspecified atom stereocenters. The van der Waals surface area contributed by atoms with Crippen molar-refractivity contribution in [2.45, 2.75) is 17.9 Å². The second kappa shape index (κ2) is 5.40. The smallest absolute Gasteiger partial charge is 0.325 e. The third-order valence-electron chi connectivity index (χ3n) is 2.07. The molecule has 0 fully saturated rings. The van der Waals surface area contributed by atoms with E-state index in [1.807, 2.05) is 0 Å². The van der Waals surface area contributed by atoms with Gasteiger partial charge in [0, 0.05) is 0 Å². The minimum Gasteiger partial charge on any atom is -0.325 e. The van der Waals surface area contributed by atoms with Gasteiger partial charge in [-0.3, -0.25) is 4.79 Å². The van der Waals surface area contributed by atoms with E-state index in [2.05, 4.69) is 21.2 Å². The second-order valence-electron chi connectivity index (χ2n) is 3.48. The topological polar surface area (TPSA) is 52.9 Å². The lowest BCUT2D eigenvalue weighted by molar-refractivity contribution is -0.137. The number of hydrogen-bond acceptors (Lipinski definition) is 2. The van der Waals surface area contributed by atoms with E-state index in [1.165, 1.54) is 13.0 Å². The van der Waals surface area contributed by atoms with E-state index < -0.39 is 22.5 Å². The Kier molecular flexibility index (Phi) is 4.35. The Labute approximate surface area is 110 Å². The number of halogens is 4. The van der Waals surface area contributed by atoms with Gasteiger partial charge in [0.25, 0.3) is 0 Å². The second-order valence-corrected chi connectivity index (χ2v) is 4.85. The maximum absolute atomic E-state index is 12.7. The van der Waals surface area contributed by atoms with Gasteiger partial charge in [0.05, 0.1) is 27.7 Å². The first-order chi connectivity index (χ1) is 8.25. The first-order valence-corrected chi connectivity index (χ1v) is 5.73. The molecule has 0 aliphatic heterocycles. The zero-order chi connectivity index (χ0) is 13.9. The van der Waals surface area contributed by atoms with Gasteiger partial charge in [-0.05, 0) is 25.1 Å². The average molecular weight is 321 g/mol. The van der Waals surface area contributed by atoms with E-state index in [4.69, 9.17) is 5.26 Å². The third-order valence-corrected chi connectivity index (χ3v) is 2.49. The number of rotatable bonds is 2. The fourth-order valence-corrected chi connectivity index (χ4v) is 1.30. The van der Waals surface area contributed by atoms with Crippen LogP contribution < -0.4 is 5.32 Å². The Bertz CT molecular complexity index is 506. The Balaban J connectivity index is 3.20. The number of anilines is 1. The molecule has 96 valence electrons. The van der Waals surface area contributed by atoms with Gasteiger partial charge in [0.15, 0.2) is 0 Å². The van der Waals surface area contributed by atoms with E-state index in [1.54, 1.807) is 6.07 Å². The Morgan fingerprint density at radius 2 is 2.11 bits per heavy atom. The molecule has 3 nitrogen and oxygen atoms in total. The summed E-state index contributed by atoms with van der Waals surface area (Å²) in [6, 6.07) is 4.60. The number of alkyl halides is 4. The number of carbonyl (C=O) groups is 1. The summed E-state index contributed by atoms with van der Waals surface area (Å²) in [5.74, 6) is -0.592. The van der Waals surface area contributed by atoms with Crippen LogP contribution in [0.2, 0.25) is 0 Å². The molecule has 1 atom stereocenters. The van der Waals surface area contributed by atoms with Crippen LogP contribution in [0.1, 0.15) is 18.1 Å². The minimum atomic E-state index is -4.63. The van der Waals surface area contributed by atoms with Crippen LogP contribution in [-0.2, 0) is 11.0 Å². The summed E-state index contributed by atoms with van der Waals surface area (Å²) in [5.41, 5.74) is -1.52. The van der Waals surface area contributed by atoms with Gasteiger partial charge < -0.3 is 5.32 Å². The van der Waals surface area contributed by atoms with E-state index in [0.717, 1.165) is 6.07 Å². The van der Waals surface area contributed by atoms with Crippen LogP contribution in [0, 0.1) is 11.3 Å². The highest BCUT2D eigenvalue weighted by Crippen LogP contribution is 2.35. The predicted molar refractivity (Wildman–Crippen MR) is 63.2 cm³/mol. The normalized spacial score (nSPS) is 12.7. The van der Waals surface area contributed by atoms with E-state index in [-0.39, 0.29) is 11.3 Å². The lowest BCUT2D eigenvalue weighted by Gasteiger charge is -2.14. The molecule has 1 rings (SSSR count). The summed E-state index contributed by atoms with van der Waals surface area (Å²) >= 11 is 2.95. The quantitative estimate of drug-likeness (QED) is 0.850. The Hall–Kier alpha value is -1.55. The Morgan fingerprint density at radius 3 is 2.56 bits per heavy atom. The predicted octanol–water partition coefficient (Wildman–Crippen LogP) is 3.30. The van der Waals surface area contributed by atoms with Gasteiger partial charge in [0.2, 0.25) is 5.91 Å². The summed E-state index contributed by atoms with van der Waals surface area (Å²) in [6.45, 7) is 1.49. The van der Waals surface area contributed by atoms with Gasteiger partial charge in [-0.2, -0.15) is 18.4 Å². The highest BCUT2D eigenvalue weighted by atomic mass is 79.9. The van der Waals surface area contributed by atoms with Gasteiger partial charge >= 0.3 is 6.18 Å². The van der Waals surface area contributed by atoms with Crippen molar-refractivity contribution in [2.75, 3.05) is 5.32 Å². The van der Waals surface area contributed by atoms with Gasteiger partial charge in [-0.1, -0.05) is 15.9 Å². The largest absolute Gasteiger partial charge is 0.418 e. The standard InChI is InChI=1S/C11H8BrF3N2O/c1-6(12)10(18)17-9-3-2-7(5-16)4-8(9)11(13,14)15/h2-4,6H,1H3,(H,17,18). The molecule has 1 N–H and O–H groups in total. The fourth-order valence-electron chi connectivity index (χ4n) is 1.19. The molecule has 0 saturated heterocycles. The number of nitrogens with zero attached hydrogens (tertiary/aromatic N) is 1. The maximum atomic E-state index is 12.7. The van der Waals surface area contributed by atoms with Crippen molar-refractivity contribution in [3.8, 4) is 6.07 Å². The van der Waals surface area contributed by atoms with Crippen LogP contribution in [0.4, 0.5) is 18.9 Å². The van der Waals surface area contributed by atoms with Crippen LogP contribution >= 0.6 is 15.9 Å². The minimum absolute atomic E-state index is 0.118. The first kappa shape index (κ1) is 14.5. The van der Waals surface area contributed by atoms with Crippen LogP contribution in [0.15, 0.2) is 18.2 Å². The van der Waals surface area contributed by atoms with Crippen molar-refractivity contribution in [2.24, 2.45) is 0 Å². The van der Waals surface area contributed by atoms with Gasteiger partial charge in [0.1, 0.15) is 0 Å². The van der Waals surface area contributed by atoms with Crippen molar-refractivity contribution in [1.29, 1.82) is 5.26 Å². The highest BCUT2D eigenvalue weighted by Gasteiger charge is 2.34. The molecule has 0 aliphatic rings. The molecule has 0 radical (unpaired) electrons. The molecule has 7 heteroatoms. The molecule has 1 amide bonds. The molecule has 0 saturated carbocycles. The number of amides is 1. The zero-order valence-corrected chi connectivity index (χ0v) is 10.8. The number of hydrogen-bond donors (Lipinski definition) is 1. The van der Waals surface area contributed by atoms with Gasteiger partial charge in [-0.25, -0.2) is 0 Å². The lowest BCUT2D eigenvalue weighted by atomic mass is 10.1. The molecule has 0 bridgehead atoms. The van der Waals surface area contributed by atoms with E-state index in [0.29, 0.717) is 6.07 Å². The third kappa shape index (κ3) is 3.47.